The van der Waals surface area contributed by atoms with Gasteiger partial charge in [0.25, 0.3) is 0 Å². The fourth-order valence-corrected chi connectivity index (χ4v) is 8.05. The second-order valence-corrected chi connectivity index (χ2v) is 11.2. The Labute approximate surface area is 166 Å². The second kappa shape index (κ2) is 6.57. The molecule has 3 nitrogen and oxygen atoms in total. The average Bonchev–Trinajstić information content (AvgIpc) is 2.91. The van der Waals surface area contributed by atoms with Crippen molar-refractivity contribution >= 4 is 0 Å². The summed E-state index contributed by atoms with van der Waals surface area (Å²) in [4.78, 5) is 0. The van der Waals surface area contributed by atoms with Crippen LogP contribution < -0.4 is 5.73 Å². The number of aliphatic hydroxyl groups is 1. The summed E-state index contributed by atoms with van der Waals surface area (Å²) in [6, 6.07) is 0.345. The molecule has 4 aliphatic carbocycles. The zero-order valence-corrected chi connectivity index (χ0v) is 18.1. The average molecular weight is 376 g/mol. The fraction of sp³-hybridized carbons (Fsp3) is 0.917. The molecule has 0 radical (unpaired) electrons. The number of hydrogen-bond donors (Lipinski definition) is 2. The molecule has 4 fully saturated rings. The van der Waals surface area contributed by atoms with E-state index in [1.165, 1.54) is 38.5 Å². The van der Waals surface area contributed by atoms with Crippen molar-refractivity contribution in [3.8, 4) is 0 Å². The highest BCUT2D eigenvalue weighted by molar-refractivity contribution is 5.24. The zero-order valence-electron chi connectivity index (χ0n) is 18.1. The Balaban J connectivity index is 1.72. The summed E-state index contributed by atoms with van der Waals surface area (Å²) in [6.45, 7) is 10.9. The van der Waals surface area contributed by atoms with Crippen LogP contribution in [-0.2, 0) is 4.74 Å². The molecule has 0 aromatic carbocycles. The first kappa shape index (κ1) is 19.9. The van der Waals surface area contributed by atoms with Crippen LogP contribution in [0.1, 0.15) is 86.0 Å². The van der Waals surface area contributed by atoms with Gasteiger partial charge in [-0.1, -0.05) is 25.5 Å². The summed E-state index contributed by atoms with van der Waals surface area (Å²) in [5.41, 5.74) is 8.80. The number of allylic oxidation sites excluding steroid dienone is 2. The Kier molecular flexibility index (Phi) is 4.85. The first-order chi connectivity index (χ1) is 12.6. The summed E-state index contributed by atoms with van der Waals surface area (Å²) in [6.07, 6.45) is 12.4. The molecule has 0 bridgehead atoms. The summed E-state index contributed by atoms with van der Waals surface area (Å²) >= 11 is 0. The van der Waals surface area contributed by atoms with Crippen LogP contribution in [0.5, 0.6) is 0 Å². The lowest BCUT2D eigenvalue weighted by Gasteiger charge is -2.63. The van der Waals surface area contributed by atoms with Crippen LogP contribution in [0, 0.1) is 34.5 Å². The predicted octanol–water partition coefficient (Wildman–Crippen LogP) is 5.03. The van der Waals surface area contributed by atoms with Crippen LogP contribution >= 0.6 is 0 Å². The van der Waals surface area contributed by atoms with Gasteiger partial charge in [0, 0.05) is 6.04 Å². The molecule has 4 saturated carbocycles. The molecular weight excluding hydrogens is 334 g/mol. The van der Waals surface area contributed by atoms with Gasteiger partial charge in [0.1, 0.15) is 0 Å². The molecule has 8 atom stereocenters. The number of ether oxygens (including phenoxy) is 1. The van der Waals surface area contributed by atoms with E-state index in [-0.39, 0.29) is 6.10 Å². The molecule has 0 spiro atoms. The fourth-order valence-electron chi connectivity index (χ4n) is 8.05. The van der Waals surface area contributed by atoms with Gasteiger partial charge >= 0.3 is 0 Å². The molecule has 0 heterocycles. The maximum atomic E-state index is 10.5. The van der Waals surface area contributed by atoms with E-state index in [1.807, 2.05) is 0 Å². The Morgan fingerprint density at radius 2 is 1.85 bits per heavy atom. The van der Waals surface area contributed by atoms with Crippen molar-refractivity contribution in [2.75, 3.05) is 0 Å². The van der Waals surface area contributed by atoms with E-state index in [0.29, 0.717) is 40.5 Å². The van der Waals surface area contributed by atoms with Crippen molar-refractivity contribution < 1.29 is 9.84 Å². The van der Waals surface area contributed by atoms with E-state index >= 15 is 0 Å². The number of rotatable bonds is 2. The van der Waals surface area contributed by atoms with Gasteiger partial charge in [-0.2, -0.15) is 0 Å². The van der Waals surface area contributed by atoms with Crippen LogP contribution in [0.4, 0.5) is 0 Å². The van der Waals surface area contributed by atoms with E-state index in [2.05, 4.69) is 26.8 Å². The molecule has 0 aromatic rings. The zero-order chi connectivity index (χ0) is 19.6. The number of hydrogen-bond acceptors (Lipinski definition) is 3. The molecule has 0 aromatic heterocycles. The molecule has 3 heteroatoms. The van der Waals surface area contributed by atoms with Gasteiger partial charge in [-0.3, -0.25) is 0 Å². The third-order valence-corrected chi connectivity index (χ3v) is 9.34. The van der Waals surface area contributed by atoms with Gasteiger partial charge in [-0.15, -0.1) is 0 Å². The van der Waals surface area contributed by atoms with E-state index in [4.69, 9.17) is 10.5 Å². The molecule has 0 amide bonds. The molecule has 0 saturated heterocycles. The molecule has 0 aliphatic heterocycles. The minimum atomic E-state index is -1.06. The van der Waals surface area contributed by atoms with Crippen molar-refractivity contribution in [1.29, 1.82) is 0 Å². The highest BCUT2D eigenvalue weighted by Gasteiger charge is 2.62. The molecule has 4 unspecified atom stereocenters. The van der Waals surface area contributed by atoms with Crippen molar-refractivity contribution in [3.05, 3.63) is 11.6 Å². The van der Waals surface area contributed by atoms with E-state index in [1.54, 1.807) is 19.4 Å². The van der Waals surface area contributed by atoms with Gasteiger partial charge in [0.15, 0.2) is 5.79 Å². The second-order valence-electron chi connectivity index (χ2n) is 11.2. The first-order valence-corrected chi connectivity index (χ1v) is 11.4. The van der Waals surface area contributed by atoms with Gasteiger partial charge in [0.2, 0.25) is 0 Å². The number of fused-ring (bicyclic) bond motifs is 5. The maximum Gasteiger partial charge on any atom is 0.160 e. The molecule has 154 valence electrons. The van der Waals surface area contributed by atoms with Gasteiger partial charge in [0.05, 0.1) is 6.10 Å². The monoisotopic (exact) mass is 375 g/mol. The van der Waals surface area contributed by atoms with Crippen LogP contribution in [0.3, 0.4) is 0 Å². The Hall–Kier alpha value is -0.380. The van der Waals surface area contributed by atoms with E-state index < -0.39 is 5.79 Å². The topological polar surface area (TPSA) is 55.5 Å². The smallest absolute Gasteiger partial charge is 0.160 e. The van der Waals surface area contributed by atoms with Crippen LogP contribution in [0.25, 0.3) is 0 Å². The Morgan fingerprint density at radius 1 is 1.11 bits per heavy atom. The van der Waals surface area contributed by atoms with Gasteiger partial charge in [-0.25, -0.2) is 0 Å². The van der Waals surface area contributed by atoms with Gasteiger partial charge < -0.3 is 15.6 Å². The Bertz CT molecular complexity index is 608. The summed E-state index contributed by atoms with van der Waals surface area (Å²) in [7, 11) is 0. The predicted molar refractivity (Wildman–Crippen MR) is 110 cm³/mol. The standard InChI is InChI=1S/C24H41NO2/c1-6-15-7-8-18-21-19(10-12-23(15,18)4)24(5)11-9-17(25)13-16(24)14-20(21)27-22(2,3)26/h6,16-21,26H,7-14,25H2,1-5H3/b15-6-/t16?,17-,18?,19?,20-,21?,23+,24-/m0/s1. The lowest BCUT2D eigenvalue weighted by atomic mass is 9.44. The molecule has 27 heavy (non-hydrogen) atoms. The molecule has 3 N–H and O–H groups in total. The van der Waals surface area contributed by atoms with Gasteiger partial charge in [-0.05, 0) is 107 Å². The van der Waals surface area contributed by atoms with E-state index in [0.717, 1.165) is 12.8 Å². The SMILES string of the molecule is C/C=C1/CCC2C3C(CC[C@]12C)[C@@]1(C)CC[C@H](N)CC1C[C@@H]3OC(C)(C)O. The summed E-state index contributed by atoms with van der Waals surface area (Å²) in [5, 5.41) is 10.5. The minimum absolute atomic E-state index is 0.166. The highest BCUT2D eigenvalue weighted by atomic mass is 16.6. The summed E-state index contributed by atoms with van der Waals surface area (Å²) < 4.78 is 6.39. The van der Waals surface area contributed by atoms with Crippen molar-refractivity contribution in [3.63, 3.8) is 0 Å². The molecule has 4 aliphatic rings. The lowest BCUT2D eigenvalue weighted by molar-refractivity contribution is -0.261. The van der Waals surface area contributed by atoms with Crippen LogP contribution in [0.2, 0.25) is 0 Å². The maximum absolute atomic E-state index is 10.5. The minimum Gasteiger partial charge on any atom is -0.366 e. The largest absolute Gasteiger partial charge is 0.366 e. The lowest BCUT2D eigenvalue weighted by Crippen LogP contribution is -2.60. The van der Waals surface area contributed by atoms with Crippen LogP contribution in [-0.4, -0.2) is 23.0 Å². The normalized spacial score (nSPS) is 51.6. The van der Waals surface area contributed by atoms with Crippen molar-refractivity contribution in [1.82, 2.24) is 0 Å². The third-order valence-electron chi connectivity index (χ3n) is 9.34. The quantitative estimate of drug-likeness (QED) is 0.526. The highest BCUT2D eigenvalue weighted by Crippen LogP contribution is 2.67. The summed E-state index contributed by atoms with van der Waals surface area (Å²) in [5.74, 6) is 1.56. The van der Waals surface area contributed by atoms with Crippen molar-refractivity contribution in [2.45, 2.75) is 104 Å². The molecular formula is C24H41NO2. The number of nitrogens with two attached hydrogens (primary N) is 1. The first-order valence-electron chi connectivity index (χ1n) is 11.4. The van der Waals surface area contributed by atoms with E-state index in [9.17, 15) is 5.11 Å². The Morgan fingerprint density at radius 3 is 2.52 bits per heavy atom. The van der Waals surface area contributed by atoms with Crippen molar-refractivity contribution in [2.24, 2.45) is 40.2 Å². The third kappa shape index (κ3) is 3.13. The van der Waals surface area contributed by atoms with Crippen LogP contribution in [0.15, 0.2) is 11.6 Å². The molecule has 4 rings (SSSR count).